The molecule has 5 nitrogen and oxygen atoms in total. The predicted octanol–water partition coefficient (Wildman–Crippen LogP) is 2.29. The number of aromatic nitrogens is 3. The molecule has 3 aromatic rings. The number of para-hydroxylation sites is 1. The highest BCUT2D eigenvalue weighted by atomic mass is 16.1. The van der Waals surface area contributed by atoms with Crippen LogP contribution in [0.1, 0.15) is 16.3 Å². The zero-order valence-electron chi connectivity index (χ0n) is 10.4. The molecule has 1 amide bonds. The summed E-state index contributed by atoms with van der Waals surface area (Å²) >= 11 is 0. The number of benzene rings is 1. The van der Waals surface area contributed by atoms with Crippen molar-refractivity contribution in [3.63, 3.8) is 0 Å². The Balaban J connectivity index is 1.92. The molecule has 0 radical (unpaired) electrons. The summed E-state index contributed by atoms with van der Waals surface area (Å²) in [5.41, 5.74) is 1.84. The molecule has 1 N–H and O–H groups in total. The SMILES string of the molecule is Cc1nccc2nc(C(=O)Nc3ccccc3)cn12. The van der Waals surface area contributed by atoms with E-state index in [-0.39, 0.29) is 5.91 Å². The lowest BCUT2D eigenvalue weighted by molar-refractivity contribution is 0.102. The van der Waals surface area contributed by atoms with Crippen LogP contribution in [0.2, 0.25) is 0 Å². The first-order chi connectivity index (χ1) is 9.24. The zero-order valence-corrected chi connectivity index (χ0v) is 10.4. The van der Waals surface area contributed by atoms with Crippen LogP contribution >= 0.6 is 0 Å². The number of aryl methyl sites for hydroxylation is 1. The second kappa shape index (κ2) is 4.53. The minimum atomic E-state index is -0.227. The first-order valence-electron chi connectivity index (χ1n) is 5.91. The van der Waals surface area contributed by atoms with Gasteiger partial charge in [-0.05, 0) is 25.1 Å². The summed E-state index contributed by atoms with van der Waals surface area (Å²) in [6.45, 7) is 1.87. The fourth-order valence-electron chi connectivity index (χ4n) is 1.87. The average molecular weight is 252 g/mol. The van der Waals surface area contributed by atoms with Crippen LogP contribution in [-0.2, 0) is 0 Å². The normalized spacial score (nSPS) is 10.6. The van der Waals surface area contributed by atoms with Crippen molar-refractivity contribution >= 4 is 17.2 Å². The number of hydrogen-bond acceptors (Lipinski definition) is 3. The lowest BCUT2D eigenvalue weighted by Gasteiger charge is -2.01. The van der Waals surface area contributed by atoms with Crippen LogP contribution in [0.3, 0.4) is 0 Å². The highest BCUT2D eigenvalue weighted by molar-refractivity contribution is 6.03. The van der Waals surface area contributed by atoms with Gasteiger partial charge in [-0.25, -0.2) is 9.97 Å². The zero-order chi connectivity index (χ0) is 13.2. The highest BCUT2D eigenvalue weighted by Crippen LogP contribution is 2.10. The number of amides is 1. The molecule has 0 bridgehead atoms. The van der Waals surface area contributed by atoms with Crippen molar-refractivity contribution in [2.75, 3.05) is 5.32 Å². The summed E-state index contributed by atoms with van der Waals surface area (Å²) in [7, 11) is 0. The molecule has 5 heteroatoms. The minimum Gasteiger partial charge on any atom is -0.321 e. The maximum absolute atomic E-state index is 12.1. The summed E-state index contributed by atoms with van der Waals surface area (Å²) in [6.07, 6.45) is 3.37. The first-order valence-corrected chi connectivity index (χ1v) is 5.91. The third kappa shape index (κ3) is 2.18. The quantitative estimate of drug-likeness (QED) is 0.761. The maximum atomic E-state index is 12.1. The van der Waals surface area contributed by atoms with Gasteiger partial charge in [0, 0.05) is 18.1 Å². The van der Waals surface area contributed by atoms with Gasteiger partial charge in [-0.15, -0.1) is 0 Å². The molecule has 0 aliphatic heterocycles. The fourth-order valence-corrected chi connectivity index (χ4v) is 1.87. The van der Waals surface area contributed by atoms with Crippen LogP contribution in [0.5, 0.6) is 0 Å². The number of hydrogen-bond donors (Lipinski definition) is 1. The van der Waals surface area contributed by atoms with E-state index in [2.05, 4.69) is 15.3 Å². The predicted molar refractivity (Wildman–Crippen MR) is 72.1 cm³/mol. The van der Waals surface area contributed by atoms with Crippen LogP contribution in [-0.4, -0.2) is 20.3 Å². The van der Waals surface area contributed by atoms with E-state index >= 15 is 0 Å². The van der Waals surface area contributed by atoms with Crippen molar-refractivity contribution in [2.24, 2.45) is 0 Å². The van der Waals surface area contributed by atoms with Gasteiger partial charge < -0.3 is 5.32 Å². The Hall–Kier alpha value is -2.69. The second-order valence-corrected chi connectivity index (χ2v) is 4.17. The Kier molecular flexibility index (Phi) is 2.72. The molecule has 0 aliphatic rings. The number of anilines is 1. The smallest absolute Gasteiger partial charge is 0.275 e. The summed E-state index contributed by atoms with van der Waals surface area (Å²) in [5, 5.41) is 2.80. The van der Waals surface area contributed by atoms with Gasteiger partial charge in [-0.2, -0.15) is 0 Å². The third-order valence-electron chi connectivity index (χ3n) is 2.83. The largest absolute Gasteiger partial charge is 0.321 e. The molecular formula is C14H12N4O. The number of nitrogens with one attached hydrogen (secondary N) is 1. The van der Waals surface area contributed by atoms with Gasteiger partial charge in [0.25, 0.3) is 5.91 Å². The number of carbonyl (C=O) groups is 1. The number of carbonyl (C=O) groups excluding carboxylic acids is 1. The van der Waals surface area contributed by atoms with E-state index in [1.165, 1.54) is 0 Å². The number of rotatable bonds is 2. The topological polar surface area (TPSA) is 59.3 Å². The molecule has 0 unspecified atom stereocenters. The minimum absolute atomic E-state index is 0.227. The first kappa shape index (κ1) is 11.4. The van der Waals surface area contributed by atoms with E-state index in [9.17, 15) is 4.79 Å². The number of imidazole rings is 1. The molecule has 19 heavy (non-hydrogen) atoms. The monoisotopic (exact) mass is 252 g/mol. The fraction of sp³-hybridized carbons (Fsp3) is 0.0714. The summed E-state index contributed by atoms with van der Waals surface area (Å²) in [5.74, 6) is 0.568. The van der Waals surface area contributed by atoms with E-state index in [0.717, 1.165) is 11.5 Å². The molecular weight excluding hydrogens is 240 g/mol. The van der Waals surface area contributed by atoms with E-state index in [0.29, 0.717) is 11.3 Å². The van der Waals surface area contributed by atoms with E-state index in [4.69, 9.17) is 0 Å². The summed E-state index contributed by atoms with van der Waals surface area (Å²) in [4.78, 5) is 20.5. The van der Waals surface area contributed by atoms with Crippen LogP contribution in [0.25, 0.3) is 5.65 Å². The van der Waals surface area contributed by atoms with E-state index in [1.807, 2.05) is 37.3 Å². The molecule has 0 saturated carbocycles. The van der Waals surface area contributed by atoms with Crippen molar-refractivity contribution in [3.8, 4) is 0 Å². The molecule has 0 aliphatic carbocycles. The van der Waals surface area contributed by atoms with Crippen molar-refractivity contribution in [1.29, 1.82) is 0 Å². The lowest BCUT2D eigenvalue weighted by atomic mass is 10.3. The Morgan fingerprint density at radius 2 is 2.00 bits per heavy atom. The molecule has 0 atom stereocenters. The Labute approximate surface area is 109 Å². The molecule has 2 heterocycles. The molecule has 94 valence electrons. The van der Waals surface area contributed by atoms with Crippen LogP contribution in [0, 0.1) is 6.92 Å². The Morgan fingerprint density at radius 3 is 2.74 bits per heavy atom. The highest BCUT2D eigenvalue weighted by Gasteiger charge is 2.11. The maximum Gasteiger partial charge on any atom is 0.275 e. The van der Waals surface area contributed by atoms with Gasteiger partial charge in [0.05, 0.1) is 0 Å². The third-order valence-corrected chi connectivity index (χ3v) is 2.83. The van der Waals surface area contributed by atoms with Crippen LogP contribution in [0.15, 0.2) is 48.8 Å². The van der Waals surface area contributed by atoms with Crippen molar-refractivity contribution in [2.45, 2.75) is 6.92 Å². The molecule has 3 rings (SSSR count). The van der Waals surface area contributed by atoms with E-state index < -0.39 is 0 Å². The van der Waals surface area contributed by atoms with Crippen molar-refractivity contribution < 1.29 is 4.79 Å². The van der Waals surface area contributed by atoms with E-state index in [1.54, 1.807) is 22.9 Å². The van der Waals surface area contributed by atoms with Crippen molar-refractivity contribution in [1.82, 2.24) is 14.4 Å². The van der Waals surface area contributed by atoms with Crippen LogP contribution in [0.4, 0.5) is 5.69 Å². The molecule has 2 aromatic heterocycles. The number of fused-ring (bicyclic) bond motifs is 1. The van der Waals surface area contributed by atoms with Gasteiger partial charge in [0.2, 0.25) is 0 Å². The van der Waals surface area contributed by atoms with Gasteiger partial charge in [-0.1, -0.05) is 18.2 Å². The second-order valence-electron chi connectivity index (χ2n) is 4.17. The number of nitrogens with zero attached hydrogens (tertiary/aromatic N) is 3. The summed E-state index contributed by atoms with van der Waals surface area (Å²) < 4.78 is 1.79. The van der Waals surface area contributed by atoms with Gasteiger partial charge in [0.15, 0.2) is 0 Å². The molecule has 0 spiro atoms. The molecule has 1 aromatic carbocycles. The molecule has 0 saturated heterocycles. The van der Waals surface area contributed by atoms with Gasteiger partial charge >= 0.3 is 0 Å². The van der Waals surface area contributed by atoms with Gasteiger partial charge in [0.1, 0.15) is 17.2 Å². The Bertz CT molecular complexity index is 734. The lowest BCUT2D eigenvalue weighted by Crippen LogP contribution is -2.12. The standard InChI is InChI=1S/C14H12N4O/c1-10-15-8-7-13-17-12(9-18(10)13)14(19)16-11-5-3-2-4-6-11/h2-9H,1H3,(H,16,19). The van der Waals surface area contributed by atoms with Crippen LogP contribution < -0.4 is 5.32 Å². The summed E-state index contributed by atoms with van der Waals surface area (Å²) in [6, 6.07) is 11.1. The average Bonchev–Trinajstić information content (AvgIpc) is 2.85. The van der Waals surface area contributed by atoms with Crippen molar-refractivity contribution in [3.05, 3.63) is 60.3 Å². The Morgan fingerprint density at radius 1 is 1.21 bits per heavy atom. The van der Waals surface area contributed by atoms with Gasteiger partial charge in [-0.3, -0.25) is 9.20 Å². The molecule has 0 fully saturated rings.